The second kappa shape index (κ2) is 6.59. The first-order valence-electron chi connectivity index (χ1n) is 5.88. The third-order valence-electron chi connectivity index (χ3n) is 2.59. The number of nitro groups is 1. The average molecular weight is 320 g/mol. The lowest BCUT2D eigenvalue weighted by Crippen LogP contribution is -2.40. The van der Waals surface area contributed by atoms with Crippen LogP contribution in [-0.2, 0) is 14.8 Å². The van der Waals surface area contributed by atoms with Crippen LogP contribution in [0.2, 0.25) is 0 Å². The number of sulfonamides is 1. The SMILES string of the molecule is CCCC(NS(=O)(=O)c1ccc([N+](=O)[O-])cc1F)C(=O)O. The molecule has 1 atom stereocenters. The fourth-order valence-corrected chi connectivity index (χ4v) is 2.88. The first-order valence-corrected chi connectivity index (χ1v) is 7.36. The van der Waals surface area contributed by atoms with Crippen molar-refractivity contribution in [1.29, 1.82) is 0 Å². The minimum absolute atomic E-state index is 0.0309. The number of benzene rings is 1. The van der Waals surface area contributed by atoms with Crippen molar-refractivity contribution < 1.29 is 27.6 Å². The maximum Gasteiger partial charge on any atom is 0.321 e. The zero-order chi connectivity index (χ0) is 16.2. The van der Waals surface area contributed by atoms with Crippen LogP contribution >= 0.6 is 0 Å². The van der Waals surface area contributed by atoms with E-state index in [9.17, 15) is 27.7 Å². The molecule has 1 rings (SSSR count). The van der Waals surface area contributed by atoms with Gasteiger partial charge < -0.3 is 5.11 Å². The Labute approximate surface area is 119 Å². The number of halogens is 1. The number of nitrogens with zero attached hydrogens (tertiary/aromatic N) is 1. The number of carboxylic acid groups (broad SMARTS) is 1. The molecular formula is C11H13FN2O6S. The number of hydrogen-bond donors (Lipinski definition) is 2. The van der Waals surface area contributed by atoms with Crippen LogP contribution in [0.5, 0.6) is 0 Å². The van der Waals surface area contributed by atoms with Gasteiger partial charge in [0.25, 0.3) is 5.69 Å². The Morgan fingerprint density at radius 2 is 2.14 bits per heavy atom. The van der Waals surface area contributed by atoms with Crippen molar-refractivity contribution in [3.05, 3.63) is 34.1 Å². The smallest absolute Gasteiger partial charge is 0.321 e. The van der Waals surface area contributed by atoms with Crippen molar-refractivity contribution in [1.82, 2.24) is 4.72 Å². The van der Waals surface area contributed by atoms with E-state index in [0.29, 0.717) is 12.5 Å². The van der Waals surface area contributed by atoms with Crippen LogP contribution in [0.1, 0.15) is 19.8 Å². The highest BCUT2D eigenvalue weighted by Crippen LogP contribution is 2.20. The topological polar surface area (TPSA) is 127 Å². The minimum atomic E-state index is -4.43. The van der Waals surface area contributed by atoms with E-state index >= 15 is 0 Å². The molecule has 1 unspecified atom stereocenters. The quantitative estimate of drug-likeness (QED) is 0.575. The number of nitro benzene ring substituents is 1. The van der Waals surface area contributed by atoms with Crippen LogP contribution in [-0.4, -0.2) is 30.5 Å². The van der Waals surface area contributed by atoms with E-state index in [1.807, 2.05) is 4.72 Å². The average Bonchev–Trinajstić information content (AvgIpc) is 2.37. The first kappa shape index (κ1) is 17.0. The summed E-state index contributed by atoms with van der Waals surface area (Å²) < 4.78 is 39.4. The molecule has 8 nitrogen and oxygen atoms in total. The molecule has 0 spiro atoms. The molecule has 0 bridgehead atoms. The summed E-state index contributed by atoms with van der Waals surface area (Å²) in [6, 6.07) is 0.618. The molecule has 1 aromatic carbocycles. The Hall–Kier alpha value is -2.07. The Kier molecular flexibility index (Phi) is 5.33. The summed E-state index contributed by atoms with van der Waals surface area (Å²) in [5.41, 5.74) is -0.602. The number of nitrogens with one attached hydrogen (secondary N) is 1. The van der Waals surface area contributed by atoms with Gasteiger partial charge in [-0.1, -0.05) is 13.3 Å². The molecule has 0 heterocycles. The van der Waals surface area contributed by atoms with Gasteiger partial charge in [0.15, 0.2) is 0 Å². The van der Waals surface area contributed by atoms with E-state index in [2.05, 4.69) is 0 Å². The number of hydrogen-bond acceptors (Lipinski definition) is 5. The fourth-order valence-electron chi connectivity index (χ4n) is 1.59. The molecule has 0 fully saturated rings. The Balaban J connectivity index is 3.13. The van der Waals surface area contributed by atoms with Gasteiger partial charge in [0.2, 0.25) is 10.0 Å². The molecule has 0 aliphatic rings. The zero-order valence-corrected chi connectivity index (χ0v) is 11.8. The van der Waals surface area contributed by atoms with Crippen molar-refractivity contribution >= 4 is 21.7 Å². The second-order valence-electron chi connectivity index (χ2n) is 4.17. The predicted octanol–water partition coefficient (Wildman–Crippen LogP) is 1.27. The van der Waals surface area contributed by atoms with Gasteiger partial charge in [0, 0.05) is 6.07 Å². The summed E-state index contributed by atoms with van der Waals surface area (Å²) >= 11 is 0. The summed E-state index contributed by atoms with van der Waals surface area (Å²) in [5.74, 6) is -2.71. The Morgan fingerprint density at radius 1 is 1.52 bits per heavy atom. The van der Waals surface area contributed by atoms with Crippen LogP contribution < -0.4 is 4.72 Å². The summed E-state index contributed by atoms with van der Waals surface area (Å²) in [6.45, 7) is 1.66. The Morgan fingerprint density at radius 3 is 2.57 bits per heavy atom. The highest BCUT2D eigenvalue weighted by atomic mass is 32.2. The maximum absolute atomic E-state index is 13.7. The van der Waals surface area contributed by atoms with E-state index in [1.165, 1.54) is 0 Å². The van der Waals surface area contributed by atoms with Crippen molar-refractivity contribution in [2.75, 3.05) is 0 Å². The third kappa shape index (κ3) is 4.20. The molecule has 0 radical (unpaired) electrons. The number of non-ortho nitro benzene ring substituents is 1. The standard InChI is InChI=1S/C11H13FN2O6S/c1-2-3-9(11(15)16)13-21(19,20)10-5-4-7(14(17)18)6-8(10)12/h4-6,9,13H,2-3H2,1H3,(H,15,16). The first-order chi connectivity index (χ1) is 9.69. The zero-order valence-electron chi connectivity index (χ0n) is 10.9. The van der Waals surface area contributed by atoms with Gasteiger partial charge in [-0.05, 0) is 12.5 Å². The van der Waals surface area contributed by atoms with Gasteiger partial charge in [-0.2, -0.15) is 4.72 Å². The molecule has 0 saturated carbocycles. The van der Waals surface area contributed by atoms with Gasteiger partial charge in [-0.25, -0.2) is 12.8 Å². The van der Waals surface area contributed by atoms with Gasteiger partial charge in [-0.3, -0.25) is 14.9 Å². The monoisotopic (exact) mass is 320 g/mol. The molecule has 0 aromatic heterocycles. The van der Waals surface area contributed by atoms with Crippen molar-refractivity contribution in [3.63, 3.8) is 0 Å². The third-order valence-corrected chi connectivity index (χ3v) is 4.09. The van der Waals surface area contributed by atoms with Crippen molar-refractivity contribution in [3.8, 4) is 0 Å². The molecule has 0 saturated heterocycles. The predicted molar refractivity (Wildman–Crippen MR) is 69.7 cm³/mol. The lowest BCUT2D eigenvalue weighted by Gasteiger charge is -2.14. The molecule has 0 amide bonds. The number of aliphatic carboxylic acids is 1. The largest absolute Gasteiger partial charge is 0.480 e. The van der Waals surface area contributed by atoms with Crippen LogP contribution in [0.25, 0.3) is 0 Å². The maximum atomic E-state index is 13.7. The van der Waals surface area contributed by atoms with E-state index in [0.717, 1.165) is 12.1 Å². The van der Waals surface area contributed by atoms with E-state index in [4.69, 9.17) is 5.11 Å². The van der Waals surface area contributed by atoms with Gasteiger partial charge in [0.05, 0.1) is 11.0 Å². The van der Waals surface area contributed by atoms with Crippen LogP contribution in [0, 0.1) is 15.9 Å². The molecule has 116 valence electrons. The number of carbonyl (C=O) groups is 1. The van der Waals surface area contributed by atoms with E-state index < -0.39 is 43.4 Å². The molecule has 21 heavy (non-hydrogen) atoms. The number of carboxylic acids is 1. The summed E-state index contributed by atoms with van der Waals surface area (Å²) in [6.07, 6.45) is 0.436. The van der Waals surface area contributed by atoms with E-state index in [1.54, 1.807) is 6.92 Å². The minimum Gasteiger partial charge on any atom is -0.480 e. The highest BCUT2D eigenvalue weighted by Gasteiger charge is 2.27. The molecule has 1 aromatic rings. The second-order valence-corrected chi connectivity index (χ2v) is 5.86. The highest BCUT2D eigenvalue weighted by molar-refractivity contribution is 7.89. The van der Waals surface area contributed by atoms with Crippen LogP contribution in [0.4, 0.5) is 10.1 Å². The Bertz CT molecular complexity index is 661. The molecular weight excluding hydrogens is 307 g/mol. The van der Waals surface area contributed by atoms with Gasteiger partial charge >= 0.3 is 5.97 Å². The molecule has 10 heteroatoms. The summed E-state index contributed by atoms with van der Waals surface area (Å²) in [5, 5.41) is 19.4. The summed E-state index contributed by atoms with van der Waals surface area (Å²) in [7, 11) is -4.43. The molecule has 2 N–H and O–H groups in total. The van der Waals surface area contributed by atoms with Crippen molar-refractivity contribution in [2.24, 2.45) is 0 Å². The molecule has 0 aliphatic carbocycles. The lowest BCUT2D eigenvalue weighted by molar-refractivity contribution is -0.385. The lowest BCUT2D eigenvalue weighted by atomic mass is 10.2. The molecule has 0 aliphatic heterocycles. The summed E-state index contributed by atoms with van der Waals surface area (Å²) in [4.78, 5) is 19.7. The van der Waals surface area contributed by atoms with Crippen molar-refractivity contribution in [2.45, 2.75) is 30.7 Å². The van der Waals surface area contributed by atoms with Crippen LogP contribution in [0.3, 0.4) is 0 Å². The normalized spacial score (nSPS) is 12.9. The van der Waals surface area contributed by atoms with Gasteiger partial charge in [0.1, 0.15) is 16.8 Å². The van der Waals surface area contributed by atoms with Crippen LogP contribution in [0.15, 0.2) is 23.1 Å². The fraction of sp³-hybridized carbons (Fsp3) is 0.364. The van der Waals surface area contributed by atoms with E-state index in [-0.39, 0.29) is 6.42 Å². The van der Waals surface area contributed by atoms with Gasteiger partial charge in [-0.15, -0.1) is 0 Å². The number of rotatable bonds is 7.